The lowest BCUT2D eigenvalue weighted by molar-refractivity contribution is 0.171. The second-order valence-corrected chi connectivity index (χ2v) is 6.21. The molecule has 2 heterocycles. The average Bonchev–Trinajstić information content (AvgIpc) is 3.21. The van der Waals surface area contributed by atoms with Crippen molar-refractivity contribution in [2.75, 3.05) is 18.5 Å². The van der Waals surface area contributed by atoms with E-state index < -0.39 is 0 Å². The van der Waals surface area contributed by atoms with Crippen molar-refractivity contribution in [1.29, 1.82) is 0 Å². The first kappa shape index (κ1) is 16.4. The zero-order chi connectivity index (χ0) is 17.8. The van der Waals surface area contributed by atoms with Gasteiger partial charge < -0.3 is 24.7 Å². The number of anilines is 1. The minimum atomic E-state index is 0.556. The van der Waals surface area contributed by atoms with Crippen LogP contribution in [0.4, 0.5) is 5.69 Å². The zero-order valence-corrected chi connectivity index (χ0v) is 14.8. The highest BCUT2D eigenvalue weighted by molar-refractivity contribution is 7.80. The summed E-state index contributed by atoms with van der Waals surface area (Å²) >= 11 is 5.37. The number of nitrogens with one attached hydrogen (secondary N) is 2. The van der Waals surface area contributed by atoms with Crippen molar-refractivity contribution < 1.29 is 9.47 Å². The lowest BCUT2D eigenvalue weighted by Crippen LogP contribution is -2.28. The van der Waals surface area contributed by atoms with Crippen molar-refractivity contribution in [3.05, 3.63) is 66.7 Å². The molecule has 0 fully saturated rings. The molecule has 0 spiro atoms. The quantitative estimate of drug-likeness (QED) is 0.692. The van der Waals surface area contributed by atoms with Crippen molar-refractivity contribution >= 4 is 23.0 Å². The van der Waals surface area contributed by atoms with E-state index in [1.54, 1.807) is 12.5 Å². The Morgan fingerprint density at radius 1 is 1.08 bits per heavy atom. The van der Waals surface area contributed by atoms with E-state index in [-0.39, 0.29) is 0 Å². The van der Waals surface area contributed by atoms with Gasteiger partial charge in [-0.2, -0.15) is 0 Å². The molecule has 2 aromatic carbocycles. The number of rotatable bonds is 4. The second-order valence-electron chi connectivity index (χ2n) is 5.80. The highest BCUT2D eigenvalue weighted by Crippen LogP contribution is 2.32. The van der Waals surface area contributed by atoms with Crippen molar-refractivity contribution in [1.82, 2.24) is 14.9 Å². The lowest BCUT2D eigenvalue weighted by Gasteiger charge is -2.19. The topological polar surface area (TPSA) is 60.3 Å². The van der Waals surface area contributed by atoms with Gasteiger partial charge in [-0.1, -0.05) is 12.1 Å². The van der Waals surface area contributed by atoms with Crippen molar-refractivity contribution in [2.24, 2.45) is 0 Å². The van der Waals surface area contributed by atoms with Crippen LogP contribution in [0, 0.1) is 0 Å². The molecule has 2 N–H and O–H groups in total. The molecule has 0 unspecified atom stereocenters. The maximum Gasteiger partial charge on any atom is 0.171 e. The van der Waals surface area contributed by atoms with Crippen molar-refractivity contribution in [3.8, 4) is 17.2 Å². The molecule has 132 valence electrons. The van der Waals surface area contributed by atoms with Gasteiger partial charge in [-0.05, 0) is 42.0 Å². The van der Waals surface area contributed by atoms with E-state index in [1.807, 2.05) is 29.0 Å². The summed E-state index contributed by atoms with van der Waals surface area (Å²) in [5, 5.41) is 6.94. The fourth-order valence-corrected chi connectivity index (χ4v) is 2.87. The van der Waals surface area contributed by atoms with E-state index in [4.69, 9.17) is 21.7 Å². The summed E-state index contributed by atoms with van der Waals surface area (Å²) in [5.74, 6) is 1.50. The fourth-order valence-electron chi connectivity index (χ4n) is 2.68. The summed E-state index contributed by atoms with van der Waals surface area (Å²) in [6.07, 6.45) is 5.46. The van der Waals surface area contributed by atoms with Crippen LogP contribution in [0.25, 0.3) is 5.69 Å². The van der Waals surface area contributed by atoms with Crippen LogP contribution in [0.2, 0.25) is 0 Å². The van der Waals surface area contributed by atoms with Crippen LogP contribution in [-0.2, 0) is 6.54 Å². The molecule has 0 atom stereocenters. The van der Waals surface area contributed by atoms with Gasteiger partial charge in [-0.25, -0.2) is 4.98 Å². The number of benzene rings is 2. The van der Waals surface area contributed by atoms with Crippen LogP contribution >= 0.6 is 12.2 Å². The molecule has 7 heteroatoms. The van der Waals surface area contributed by atoms with Crippen molar-refractivity contribution in [3.63, 3.8) is 0 Å². The molecule has 0 aliphatic carbocycles. The van der Waals surface area contributed by atoms with E-state index in [0.29, 0.717) is 24.9 Å². The van der Waals surface area contributed by atoms with Crippen LogP contribution in [0.1, 0.15) is 5.56 Å². The van der Waals surface area contributed by atoms with Crippen LogP contribution in [-0.4, -0.2) is 27.9 Å². The van der Waals surface area contributed by atoms with Gasteiger partial charge in [0.05, 0.1) is 6.33 Å². The van der Waals surface area contributed by atoms with Gasteiger partial charge in [0.2, 0.25) is 0 Å². The van der Waals surface area contributed by atoms with Gasteiger partial charge >= 0.3 is 0 Å². The second kappa shape index (κ2) is 7.45. The van der Waals surface area contributed by atoms with Gasteiger partial charge in [0.1, 0.15) is 13.2 Å². The molecule has 6 nitrogen and oxygen atoms in total. The summed E-state index contributed by atoms with van der Waals surface area (Å²) in [6, 6.07) is 13.9. The van der Waals surface area contributed by atoms with Crippen LogP contribution in [0.3, 0.4) is 0 Å². The molecule has 4 rings (SSSR count). The molecule has 0 saturated heterocycles. The number of fused-ring (bicyclic) bond motifs is 1. The van der Waals surface area contributed by atoms with E-state index in [2.05, 4.69) is 39.9 Å². The fraction of sp³-hybridized carbons (Fsp3) is 0.158. The maximum absolute atomic E-state index is 5.58. The molecule has 0 saturated carbocycles. The third-order valence-electron chi connectivity index (χ3n) is 3.99. The normalized spacial score (nSPS) is 12.5. The van der Waals surface area contributed by atoms with E-state index in [9.17, 15) is 0 Å². The number of imidazole rings is 1. The summed E-state index contributed by atoms with van der Waals surface area (Å²) in [6.45, 7) is 1.79. The van der Waals surface area contributed by atoms with Gasteiger partial charge in [-0.3, -0.25) is 0 Å². The van der Waals surface area contributed by atoms with E-state index in [1.165, 1.54) is 0 Å². The minimum Gasteiger partial charge on any atom is -0.486 e. The summed E-state index contributed by atoms with van der Waals surface area (Å²) < 4.78 is 13.1. The largest absolute Gasteiger partial charge is 0.486 e. The van der Waals surface area contributed by atoms with Crippen LogP contribution in [0.15, 0.2) is 61.2 Å². The third kappa shape index (κ3) is 3.78. The van der Waals surface area contributed by atoms with Gasteiger partial charge in [0.15, 0.2) is 16.6 Å². The molecular formula is C19H18N4O2S. The Hall–Kier alpha value is -3.06. The van der Waals surface area contributed by atoms with Crippen molar-refractivity contribution in [2.45, 2.75) is 6.54 Å². The first-order valence-electron chi connectivity index (χ1n) is 8.30. The number of hydrogen-bond acceptors (Lipinski definition) is 4. The Labute approximate surface area is 156 Å². The molecule has 0 amide bonds. The first-order valence-corrected chi connectivity index (χ1v) is 8.70. The maximum atomic E-state index is 5.58. The number of thiocarbonyl (C=S) groups is 1. The number of ether oxygens (including phenoxy) is 2. The summed E-state index contributed by atoms with van der Waals surface area (Å²) in [7, 11) is 0. The number of nitrogens with zero attached hydrogens (tertiary/aromatic N) is 2. The predicted molar refractivity (Wildman–Crippen MR) is 104 cm³/mol. The molecular weight excluding hydrogens is 348 g/mol. The summed E-state index contributed by atoms with van der Waals surface area (Å²) in [5.41, 5.74) is 3.07. The predicted octanol–water partition coefficient (Wildman–Crippen LogP) is 3.13. The summed E-state index contributed by atoms with van der Waals surface area (Å²) in [4.78, 5) is 4.06. The van der Waals surface area contributed by atoms with Gasteiger partial charge in [0, 0.05) is 36.4 Å². The molecule has 0 radical (unpaired) electrons. The molecule has 1 aromatic heterocycles. The van der Waals surface area contributed by atoms with Crippen LogP contribution < -0.4 is 20.1 Å². The SMILES string of the molecule is S=C(NCc1ccc(-n2ccnc2)cc1)Nc1ccc2c(c1)OCCO2. The van der Waals surface area contributed by atoms with Crippen LogP contribution in [0.5, 0.6) is 11.5 Å². The van der Waals surface area contributed by atoms with E-state index >= 15 is 0 Å². The standard InChI is InChI=1S/C19H18N4O2S/c26-19(22-15-3-6-17-18(11-15)25-10-9-24-17)21-12-14-1-4-16(5-2-14)23-8-7-20-13-23/h1-8,11,13H,9-10,12H2,(H2,21,22,26). The Morgan fingerprint density at radius 2 is 1.88 bits per heavy atom. The van der Waals surface area contributed by atoms with Gasteiger partial charge in [0.25, 0.3) is 0 Å². The van der Waals surface area contributed by atoms with E-state index in [0.717, 1.165) is 28.4 Å². The molecule has 3 aromatic rings. The molecule has 1 aliphatic heterocycles. The number of hydrogen-bond donors (Lipinski definition) is 2. The monoisotopic (exact) mass is 366 g/mol. The molecule has 1 aliphatic rings. The zero-order valence-electron chi connectivity index (χ0n) is 14.0. The first-order chi connectivity index (χ1) is 12.8. The third-order valence-corrected chi connectivity index (χ3v) is 4.24. The minimum absolute atomic E-state index is 0.556. The Balaban J connectivity index is 1.32. The highest BCUT2D eigenvalue weighted by Gasteiger charge is 2.12. The Kier molecular flexibility index (Phi) is 4.70. The Bertz CT molecular complexity index is 894. The molecule has 0 bridgehead atoms. The Morgan fingerprint density at radius 3 is 2.65 bits per heavy atom. The lowest BCUT2D eigenvalue weighted by atomic mass is 10.2. The van der Waals surface area contributed by atoms with Gasteiger partial charge in [-0.15, -0.1) is 0 Å². The molecule has 26 heavy (non-hydrogen) atoms. The highest BCUT2D eigenvalue weighted by atomic mass is 32.1. The smallest absolute Gasteiger partial charge is 0.171 e. The number of aromatic nitrogens is 2. The average molecular weight is 366 g/mol.